The molecule has 1 saturated heterocycles. The quantitative estimate of drug-likeness (QED) is 0.548. The van der Waals surface area contributed by atoms with Crippen LogP contribution in [0.15, 0.2) is 22.8 Å². The minimum atomic E-state index is -0.973. The van der Waals surface area contributed by atoms with Gasteiger partial charge in [-0.25, -0.2) is 4.79 Å². The number of rotatable bonds is 6. The van der Waals surface area contributed by atoms with Crippen molar-refractivity contribution in [1.82, 2.24) is 15.5 Å². The Kier molecular flexibility index (Phi) is 5.68. The van der Waals surface area contributed by atoms with Crippen LogP contribution in [0.2, 0.25) is 0 Å². The molecule has 4 amide bonds. The first-order chi connectivity index (χ1) is 13.6. The number of ether oxygens (including phenoxy) is 1. The zero-order chi connectivity index (χ0) is 21.2. The highest BCUT2D eigenvalue weighted by molar-refractivity contribution is 6.08. The summed E-state index contributed by atoms with van der Waals surface area (Å²) < 4.78 is 10.0. The van der Waals surface area contributed by atoms with Gasteiger partial charge in [-0.1, -0.05) is 20.8 Å². The summed E-state index contributed by atoms with van der Waals surface area (Å²) in [7, 11) is 0. The summed E-state index contributed by atoms with van der Waals surface area (Å²) in [5.41, 5.74) is -1.07. The maximum Gasteiger partial charge on any atom is 0.326 e. The molecule has 9 nitrogen and oxygen atoms in total. The van der Waals surface area contributed by atoms with Crippen molar-refractivity contribution in [2.75, 3.05) is 13.2 Å². The molecule has 2 atom stereocenters. The monoisotopic (exact) mass is 405 g/mol. The molecule has 0 bridgehead atoms. The van der Waals surface area contributed by atoms with Crippen LogP contribution in [-0.2, 0) is 25.7 Å². The number of urea groups is 1. The number of furan rings is 1. The van der Waals surface area contributed by atoms with Gasteiger partial charge in [-0.15, -0.1) is 0 Å². The molecule has 1 aromatic rings. The Labute approximate surface area is 169 Å². The first-order valence-corrected chi connectivity index (χ1v) is 9.69. The van der Waals surface area contributed by atoms with E-state index in [1.165, 1.54) is 6.26 Å². The number of amides is 4. The highest BCUT2D eigenvalue weighted by atomic mass is 16.5. The van der Waals surface area contributed by atoms with Crippen LogP contribution in [0.25, 0.3) is 0 Å². The van der Waals surface area contributed by atoms with Crippen LogP contribution in [0.1, 0.15) is 45.8 Å². The van der Waals surface area contributed by atoms with E-state index in [1.54, 1.807) is 12.1 Å². The minimum absolute atomic E-state index is 0.0940. The molecule has 1 saturated carbocycles. The average Bonchev–Trinajstić information content (AvgIpc) is 3.19. The number of carbonyl (C=O) groups is 4. The van der Waals surface area contributed by atoms with Crippen LogP contribution in [0.4, 0.5) is 4.79 Å². The third kappa shape index (κ3) is 4.78. The summed E-state index contributed by atoms with van der Waals surface area (Å²) in [5, 5.41) is 5.34. The molecule has 3 rings (SSSR count). The molecule has 2 fully saturated rings. The number of hydrogen-bond donors (Lipinski definition) is 2. The fourth-order valence-electron chi connectivity index (χ4n) is 4.62. The second-order valence-electron chi connectivity index (χ2n) is 8.77. The Morgan fingerprint density at radius 1 is 1.34 bits per heavy atom. The summed E-state index contributed by atoms with van der Waals surface area (Å²) in [4.78, 5) is 50.1. The Morgan fingerprint density at radius 2 is 2.10 bits per heavy atom. The Balaban J connectivity index is 1.52. The van der Waals surface area contributed by atoms with Crippen molar-refractivity contribution in [1.29, 1.82) is 0 Å². The van der Waals surface area contributed by atoms with Crippen LogP contribution in [-0.4, -0.2) is 47.4 Å². The van der Waals surface area contributed by atoms with Crippen molar-refractivity contribution in [3.05, 3.63) is 24.2 Å². The number of nitrogens with one attached hydrogen (secondary N) is 2. The first kappa shape index (κ1) is 20.9. The van der Waals surface area contributed by atoms with Gasteiger partial charge in [-0.2, -0.15) is 0 Å². The molecule has 1 aliphatic carbocycles. The zero-order valence-electron chi connectivity index (χ0n) is 16.9. The van der Waals surface area contributed by atoms with Gasteiger partial charge in [0.2, 0.25) is 0 Å². The largest absolute Gasteiger partial charge is 0.467 e. The normalized spacial score (nSPS) is 25.8. The number of nitrogens with zero attached hydrogens (tertiary/aromatic N) is 1. The molecule has 9 heteroatoms. The molecule has 0 unspecified atom stereocenters. The van der Waals surface area contributed by atoms with Crippen LogP contribution in [0.5, 0.6) is 0 Å². The third-order valence-corrected chi connectivity index (χ3v) is 5.32. The van der Waals surface area contributed by atoms with Gasteiger partial charge in [0.05, 0.1) is 12.8 Å². The second-order valence-corrected chi connectivity index (χ2v) is 8.77. The summed E-state index contributed by atoms with van der Waals surface area (Å²) in [5.74, 6) is -0.888. The smallest absolute Gasteiger partial charge is 0.326 e. The lowest BCUT2D eigenvalue weighted by molar-refractivity contribution is -0.151. The molecule has 1 aromatic heterocycles. The molecule has 1 spiro atoms. The molecule has 2 heterocycles. The van der Waals surface area contributed by atoms with E-state index < -0.39 is 42.5 Å². The Morgan fingerprint density at radius 3 is 2.76 bits per heavy atom. The van der Waals surface area contributed by atoms with Crippen LogP contribution in [0.3, 0.4) is 0 Å². The molecule has 2 N–H and O–H groups in total. The SMILES string of the molecule is C[C@@H]1CC(C)(C)C[C@]2(C1)NC(=O)N(CC(=O)OCC(=O)NCc1ccco1)C2=O. The van der Waals surface area contributed by atoms with Gasteiger partial charge >= 0.3 is 12.0 Å². The van der Waals surface area contributed by atoms with Crippen molar-refractivity contribution >= 4 is 23.8 Å². The van der Waals surface area contributed by atoms with E-state index in [2.05, 4.69) is 31.4 Å². The van der Waals surface area contributed by atoms with Crippen LogP contribution >= 0.6 is 0 Å². The number of hydrogen-bond acceptors (Lipinski definition) is 6. The van der Waals surface area contributed by atoms with Crippen molar-refractivity contribution in [3.8, 4) is 0 Å². The van der Waals surface area contributed by atoms with Gasteiger partial charge in [0, 0.05) is 0 Å². The lowest BCUT2D eigenvalue weighted by Crippen LogP contribution is -2.54. The zero-order valence-corrected chi connectivity index (χ0v) is 16.9. The summed E-state index contributed by atoms with van der Waals surface area (Å²) in [6.45, 7) is 5.35. The lowest BCUT2D eigenvalue weighted by atomic mass is 9.64. The van der Waals surface area contributed by atoms with E-state index in [9.17, 15) is 19.2 Å². The number of carbonyl (C=O) groups excluding carboxylic acids is 4. The van der Waals surface area contributed by atoms with Gasteiger partial charge in [-0.3, -0.25) is 19.3 Å². The molecule has 2 aliphatic rings. The second kappa shape index (κ2) is 7.88. The molecule has 29 heavy (non-hydrogen) atoms. The summed E-state index contributed by atoms with van der Waals surface area (Å²) in [6, 6.07) is 2.80. The lowest BCUT2D eigenvalue weighted by Gasteiger charge is -2.43. The Hall–Kier alpha value is -2.84. The maximum absolute atomic E-state index is 13.0. The number of imide groups is 1. The topological polar surface area (TPSA) is 118 Å². The third-order valence-electron chi connectivity index (χ3n) is 5.32. The standard InChI is InChI=1S/C20H27N3O6/c1-13-7-19(2,3)12-20(8-13)17(26)23(18(27)22-20)10-16(25)29-11-15(24)21-9-14-5-4-6-28-14/h4-6,13H,7-12H2,1-3H3,(H,21,24)(H,22,27)/t13-,20+/m1/s1. The molecule has 0 radical (unpaired) electrons. The Bertz CT molecular complexity index is 803. The van der Waals surface area contributed by atoms with Gasteiger partial charge in [0.1, 0.15) is 17.8 Å². The van der Waals surface area contributed by atoms with Crippen LogP contribution in [0, 0.1) is 11.3 Å². The van der Waals surface area contributed by atoms with E-state index in [4.69, 9.17) is 9.15 Å². The van der Waals surface area contributed by atoms with Gasteiger partial charge in [0.25, 0.3) is 11.8 Å². The maximum atomic E-state index is 13.0. The molecular formula is C20H27N3O6. The average molecular weight is 405 g/mol. The van der Waals surface area contributed by atoms with E-state index in [0.717, 1.165) is 11.3 Å². The van der Waals surface area contributed by atoms with Crippen LogP contribution < -0.4 is 10.6 Å². The summed E-state index contributed by atoms with van der Waals surface area (Å²) in [6.07, 6.45) is 3.52. The van der Waals surface area contributed by atoms with Crippen molar-refractivity contribution in [2.45, 2.75) is 52.1 Å². The van der Waals surface area contributed by atoms with E-state index >= 15 is 0 Å². The predicted molar refractivity (Wildman–Crippen MR) is 101 cm³/mol. The molecule has 158 valence electrons. The van der Waals surface area contributed by atoms with Crippen molar-refractivity contribution in [3.63, 3.8) is 0 Å². The molecular weight excluding hydrogens is 378 g/mol. The molecule has 1 aliphatic heterocycles. The molecule has 0 aromatic carbocycles. The minimum Gasteiger partial charge on any atom is -0.467 e. The predicted octanol–water partition coefficient (Wildman–Crippen LogP) is 1.58. The van der Waals surface area contributed by atoms with E-state index in [0.29, 0.717) is 18.6 Å². The van der Waals surface area contributed by atoms with Gasteiger partial charge < -0.3 is 19.8 Å². The fourth-order valence-corrected chi connectivity index (χ4v) is 4.62. The summed E-state index contributed by atoms with van der Waals surface area (Å²) >= 11 is 0. The van der Waals surface area contributed by atoms with Gasteiger partial charge in [0.15, 0.2) is 6.61 Å². The highest BCUT2D eigenvalue weighted by Crippen LogP contribution is 2.46. The van der Waals surface area contributed by atoms with E-state index in [-0.39, 0.29) is 17.9 Å². The fraction of sp³-hybridized carbons (Fsp3) is 0.600. The van der Waals surface area contributed by atoms with E-state index in [1.807, 2.05) is 0 Å². The van der Waals surface area contributed by atoms with Crippen molar-refractivity contribution in [2.24, 2.45) is 11.3 Å². The highest BCUT2D eigenvalue weighted by Gasteiger charge is 2.56. The van der Waals surface area contributed by atoms with Gasteiger partial charge in [-0.05, 0) is 42.7 Å². The van der Waals surface area contributed by atoms with Crippen molar-refractivity contribution < 1.29 is 28.3 Å². The number of esters is 1. The first-order valence-electron chi connectivity index (χ1n) is 9.69.